The van der Waals surface area contributed by atoms with Crippen LogP contribution in [0.3, 0.4) is 0 Å². The zero-order chi connectivity index (χ0) is 17.6. The molecular weight excluding hydrogens is 284 g/mol. The quantitative estimate of drug-likeness (QED) is 0.508. The van der Waals surface area contributed by atoms with E-state index in [4.69, 9.17) is 9.47 Å². The van der Waals surface area contributed by atoms with Gasteiger partial charge in [-0.05, 0) is 40.5 Å². The van der Waals surface area contributed by atoms with Crippen molar-refractivity contribution >= 4 is 11.9 Å². The van der Waals surface area contributed by atoms with Crippen molar-refractivity contribution in [1.29, 1.82) is 0 Å². The minimum absolute atomic E-state index is 0.303. The number of rotatable bonds is 8. The molecule has 0 aromatic rings. The molecule has 0 aromatic carbocycles. The predicted molar refractivity (Wildman–Crippen MR) is 84.6 cm³/mol. The lowest BCUT2D eigenvalue weighted by Crippen LogP contribution is -2.38. The Kier molecular flexibility index (Phi) is 7.70. The van der Waals surface area contributed by atoms with Gasteiger partial charge in [0.05, 0.1) is 37.1 Å². The van der Waals surface area contributed by atoms with Crippen molar-refractivity contribution < 1.29 is 19.1 Å². The van der Waals surface area contributed by atoms with E-state index in [2.05, 4.69) is 10.2 Å². The van der Waals surface area contributed by atoms with Crippen molar-refractivity contribution in [3.8, 4) is 0 Å². The fourth-order valence-corrected chi connectivity index (χ4v) is 2.43. The minimum atomic E-state index is -0.763. The summed E-state index contributed by atoms with van der Waals surface area (Å²) < 4.78 is 9.68. The molecule has 0 aliphatic rings. The van der Waals surface area contributed by atoms with Gasteiger partial charge in [0, 0.05) is 0 Å². The number of hydrogen-bond donors (Lipinski definition) is 0. The highest BCUT2D eigenvalue weighted by molar-refractivity contribution is 5.77. The minimum Gasteiger partial charge on any atom is -0.469 e. The molecule has 2 atom stereocenters. The Bertz CT molecular complexity index is 378. The highest BCUT2D eigenvalue weighted by atomic mass is 16.5. The van der Waals surface area contributed by atoms with Gasteiger partial charge in [0.2, 0.25) is 0 Å². The Morgan fingerprint density at radius 1 is 0.818 bits per heavy atom. The second-order valence-corrected chi connectivity index (χ2v) is 6.51. The summed E-state index contributed by atoms with van der Waals surface area (Å²) in [6.07, 6.45) is 1.31. The Labute approximate surface area is 133 Å². The molecule has 128 valence electrons. The first-order chi connectivity index (χ1) is 10.1. The van der Waals surface area contributed by atoms with Crippen molar-refractivity contribution in [2.75, 3.05) is 14.2 Å². The molecule has 0 aliphatic heterocycles. The van der Waals surface area contributed by atoms with Crippen LogP contribution in [0, 0.1) is 10.8 Å². The molecule has 0 radical (unpaired) electrons. The number of hydrogen-bond acceptors (Lipinski definition) is 6. The summed E-state index contributed by atoms with van der Waals surface area (Å²) in [4.78, 5) is 23.8. The fourth-order valence-electron chi connectivity index (χ4n) is 2.43. The maximum Gasteiger partial charge on any atom is 0.313 e. The third kappa shape index (κ3) is 4.52. The number of esters is 2. The van der Waals surface area contributed by atoms with Crippen molar-refractivity contribution in [1.82, 2.24) is 0 Å². The van der Waals surface area contributed by atoms with Crippen molar-refractivity contribution in [2.45, 2.75) is 66.5 Å². The molecule has 0 amide bonds. The van der Waals surface area contributed by atoms with Gasteiger partial charge < -0.3 is 9.47 Å². The van der Waals surface area contributed by atoms with Gasteiger partial charge in [-0.2, -0.15) is 10.2 Å². The molecular formula is C16H30N2O4. The van der Waals surface area contributed by atoms with E-state index in [9.17, 15) is 9.59 Å². The monoisotopic (exact) mass is 314 g/mol. The van der Waals surface area contributed by atoms with Gasteiger partial charge in [-0.1, -0.05) is 13.8 Å². The zero-order valence-corrected chi connectivity index (χ0v) is 15.1. The van der Waals surface area contributed by atoms with Crippen LogP contribution in [0.1, 0.15) is 54.4 Å². The molecule has 6 nitrogen and oxygen atoms in total. The number of nitrogens with zero attached hydrogens (tertiary/aromatic N) is 2. The van der Waals surface area contributed by atoms with E-state index in [0.717, 1.165) is 0 Å². The zero-order valence-electron chi connectivity index (χ0n) is 15.1. The molecule has 0 bridgehead atoms. The Morgan fingerprint density at radius 2 is 1.09 bits per heavy atom. The van der Waals surface area contributed by atoms with E-state index in [1.165, 1.54) is 14.2 Å². The second kappa shape index (κ2) is 8.25. The van der Waals surface area contributed by atoms with Crippen molar-refractivity contribution in [3.63, 3.8) is 0 Å². The lowest BCUT2D eigenvalue weighted by Gasteiger charge is -2.30. The van der Waals surface area contributed by atoms with Gasteiger partial charge in [-0.3, -0.25) is 9.59 Å². The number of ether oxygens (including phenoxy) is 2. The number of methoxy groups -OCH3 is 2. The lowest BCUT2D eigenvalue weighted by atomic mass is 9.82. The molecule has 0 spiro atoms. The van der Waals surface area contributed by atoms with Crippen LogP contribution >= 0.6 is 0 Å². The first kappa shape index (κ1) is 20.5. The summed E-state index contributed by atoms with van der Waals surface area (Å²) in [6.45, 7) is 11.1. The smallest absolute Gasteiger partial charge is 0.313 e. The van der Waals surface area contributed by atoms with E-state index < -0.39 is 10.8 Å². The fraction of sp³-hybridized carbons (Fsp3) is 0.875. The summed E-state index contributed by atoms with van der Waals surface area (Å²) in [5.74, 6) is -0.642. The van der Waals surface area contributed by atoms with Gasteiger partial charge in [-0.25, -0.2) is 0 Å². The summed E-state index contributed by atoms with van der Waals surface area (Å²) in [5, 5.41) is 8.71. The Balaban J connectivity index is 5.33. The summed E-state index contributed by atoms with van der Waals surface area (Å²) in [5.41, 5.74) is -1.53. The largest absolute Gasteiger partial charge is 0.469 e. The normalized spacial score (nSPS) is 15.5. The second-order valence-electron chi connectivity index (χ2n) is 6.51. The van der Waals surface area contributed by atoms with Crippen LogP contribution in [-0.4, -0.2) is 38.2 Å². The number of azo groups is 1. The maximum absolute atomic E-state index is 11.9. The Hall–Kier alpha value is -1.46. The predicted octanol–water partition coefficient (Wildman–Crippen LogP) is 3.39. The van der Waals surface area contributed by atoms with Gasteiger partial charge in [0.15, 0.2) is 0 Å². The molecule has 0 fully saturated rings. The standard InChI is InChI=1S/C16H30N2O4/c1-9-11(15(3,4)13(19)21-7)17-18-12(10-2)16(5,6)14(20)22-8/h11-12H,9-10H2,1-8H3. The molecule has 0 aromatic heterocycles. The van der Waals surface area contributed by atoms with Crippen molar-refractivity contribution in [2.24, 2.45) is 21.1 Å². The number of carbonyl (C=O) groups is 2. The molecule has 0 heterocycles. The SMILES string of the molecule is CCC(N=NC(CC)C(C)(C)C(=O)OC)C(C)(C)C(=O)OC. The first-order valence-corrected chi connectivity index (χ1v) is 7.66. The molecule has 2 unspecified atom stereocenters. The molecule has 22 heavy (non-hydrogen) atoms. The van der Waals surface area contributed by atoms with Crippen LogP contribution in [0.15, 0.2) is 10.2 Å². The maximum atomic E-state index is 11.9. The van der Waals surface area contributed by atoms with E-state index >= 15 is 0 Å². The average Bonchev–Trinajstić information content (AvgIpc) is 2.48. The summed E-state index contributed by atoms with van der Waals surface area (Å²) >= 11 is 0. The first-order valence-electron chi connectivity index (χ1n) is 7.66. The van der Waals surface area contributed by atoms with E-state index in [1.807, 2.05) is 13.8 Å². The van der Waals surface area contributed by atoms with Crippen LogP contribution in [0.25, 0.3) is 0 Å². The number of carbonyl (C=O) groups excluding carboxylic acids is 2. The van der Waals surface area contributed by atoms with Crippen LogP contribution in [0.4, 0.5) is 0 Å². The molecule has 0 rings (SSSR count). The van der Waals surface area contributed by atoms with E-state index in [1.54, 1.807) is 27.7 Å². The molecule has 6 heteroatoms. The van der Waals surface area contributed by atoms with Crippen LogP contribution < -0.4 is 0 Å². The lowest BCUT2D eigenvalue weighted by molar-refractivity contribution is -0.153. The van der Waals surface area contributed by atoms with E-state index in [-0.39, 0.29) is 24.0 Å². The van der Waals surface area contributed by atoms with E-state index in [0.29, 0.717) is 12.8 Å². The topological polar surface area (TPSA) is 77.3 Å². The van der Waals surface area contributed by atoms with Crippen LogP contribution in [-0.2, 0) is 19.1 Å². The van der Waals surface area contributed by atoms with Gasteiger partial charge in [0.25, 0.3) is 0 Å². The van der Waals surface area contributed by atoms with Crippen LogP contribution in [0.5, 0.6) is 0 Å². The van der Waals surface area contributed by atoms with Crippen molar-refractivity contribution in [3.05, 3.63) is 0 Å². The molecule has 0 aliphatic carbocycles. The highest BCUT2D eigenvalue weighted by Gasteiger charge is 2.40. The Morgan fingerprint density at radius 3 is 1.27 bits per heavy atom. The molecule has 0 N–H and O–H groups in total. The van der Waals surface area contributed by atoms with Gasteiger partial charge in [0.1, 0.15) is 0 Å². The third-order valence-electron chi connectivity index (χ3n) is 4.21. The summed E-state index contributed by atoms with van der Waals surface area (Å²) in [7, 11) is 2.73. The van der Waals surface area contributed by atoms with Gasteiger partial charge in [-0.15, -0.1) is 0 Å². The highest BCUT2D eigenvalue weighted by Crippen LogP contribution is 2.31. The average molecular weight is 314 g/mol. The summed E-state index contributed by atoms with van der Waals surface area (Å²) in [6, 6.07) is -0.607. The third-order valence-corrected chi connectivity index (χ3v) is 4.21. The molecule has 0 saturated heterocycles. The van der Waals surface area contributed by atoms with Gasteiger partial charge >= 0.3 is 11.9 Å². The molecule has 0 saturated carbocycles. The van der Waals surface area contributed by atoms with Crippen LogP contribution in [0.2, 0.25) is 0 Å².